The van der Waals surface area contributed by atoms with Gasteiger partial charge in [0.1, 0.15) is 17.2 Å². The number of nitrogens with one attached hydrogen (secondary N) is 1. The molecule has 110 valence electrons. The van der Waals surface area contributed by atoms with Crippen LogP contribution in [0.15, 0.2) is 40.9 Å². The number of fused-ring (bicyclic) bond motifs is 1. The van der Waals surface area contributed by atoms with Crippen molar-refractivity contribution in [3.63, 3.8) is 0 Å². The Morgan fingerprint density at radius 3 is 2.86 bits per heavy atom. The summed E-state index contributed by atoms with van der Waals surface area (Å²) in [7, 11) is 3.99. The van der Waals surface area contributed by atoms with E-state index in [1.54, 1.807) is 0 Å². The van der Waals surface area contributed by atoms with Crippen LogP contribution in [0.2, 0.25) is 0 Å². The molecule has 0 aliphatic rings. The molecule has 0 spiro atoms. The van der Waals surface area contributed by atoms with E-state index in [9.17, 15) is 0 Å². The van der Waals surface area contributed by atoms with Crippen LogP contribution in [-0.4, -0.2) is 23.5 Å². The van der Waals surface area contributed by atoms with E-state index >= 15 is 0 Å². The Labute approximate surface area is 124 Å². The summed E-state index contributed by atoms with van der Waals surface area (Å²) < 4.78 is 7.78. The highest BCUT2D eigenvalue weighted by Crippen LogP contribution is 2.22. The number of nitrogens with zero attached hydrogens (tertiary/aromatic N) is 3. The maximum Gasteiger partial charge on any atom is 0.152 e. The topological polar surface area (TPSA) is 45.7 Å². The molecule has 3 aromatic rings. The van der Waals surface area contributed by atoms with Crippen molar-refractivity contribution < 1.29 is 4.42 Å². The molecule has 5 nitrogen and oxygen atoms in total. The van der Waals surface area contributed by atoms with Crippen LogP contribution in [0.4, 0.5) is 5.82 Å². The first kappa shape index (κ1) is 13.7. The number of anilines is 1. The first-order valence-electron chi connectivity index (χ1n) is 7.06. The second-order valence-corrected chi connectivity index (χ2v) is 5.21. The van der Waals surface area contributed by atoms with Gasteiger partial charge in [0.15, 0.2) is 5.82 Å². The summed E-state index contributed by atoms with van der Waals surface area (Å²) in [6, 6.07) is 10.0. The number of pyridine rings is 1. The number of rotatable bonds is 5. The Morgan fingerprint density at radius 1 is 1.29 bits per heavy atom. The molecule has 21 heavy (non-hydrogen) atoms. The Kier molecular flexibility index (Phi) is 3.66. The Hall–Kier alpha value is -2.27. The SMILES string of the molecule is CNCc1c(N(C)Cc2ccc(C)o2)nc2ccccn12. The van der Waals surface area contributed by atoms with Gasteiger partial charge in [-0.2, -0.15) is 0 Å². The van der Waals surface area contributed by atoms with E-state index in [1.807, 2.05) is 57.5 Å². The third-order valence-electron chi connectivity index (χ3n) is 3.50. The van der Waals surface area contributed by atoms with Crippen LogP contribution in [0.1, 0.15) is 17.2 Å². The maximum absolute atomic E-state index is 5.66. The van der Waals surface area contributed by atoms with Gasteiger partial charge in [-0.15, -0.1) is 0 Å². The minimum absolute atomic E-state index is 0.703. The fourth-order valence-electron chi connectivity index (χ4n) is 2.55. The van der Waals surface area contributed by atoms with E-state index in [4.69, 9.17) is 9.40 Å². The summed E-state index contributed by atoms with van der Waals surface area (Å²) in [5, 5.41) is 3.21. The lowest BCUT2D eigenvalue weighted by atomic mass is 10.3. The highest BCUT2D eigenvalue weighted by atomic mass is 16.3. The molecule has 0 atom stereocenters. The molecule has 0 radical (unpaired) electrons. The Balaban J connectivity index is 1.96. The van der Waals surface area contributed by atoms with E-state index < -0.39 is 0 Å². The summed E-state index contributed by atoms with van der Waals surface area (Å²) in [5.41, 5.74) is 2.11. The van der Waals surface area contributed by atoms with Gasteiger partial charge in [0.2, 0.25) is 0 Å². The lowest BCUT2D eigenvalue weighted by Gasteiger charge is -2.17. The molecule has 0 aromatic carbocycles. The average molecular weight is 284 g/mol. The van der Waals surface area contributed by atoms with Gasteiger partial charge < -0.3 is 19.0 Å². The van der Waals surface area contributed by atoms with Crippen LogP contribution >= 0.6 is 0 Å². The van der Waals surface area contributed by atoms with Crippen molar-refractivity contribution in [3.8, 4) is 0 Å². The van der Waals surface area contributed by atoms with Gasteiger partial charge in [-0.05, 0) is 38.2 Å². The van der Waals surface area contributed by atoms with Gasteiger partial charge in [-0.1, -0.05) is 6.07 Å². The van der Waals surface area contributed by atoms with Crippen molar-refractivity contribution in [2.75, 3.05) is 19.0 Å². The lowest BCUT2D eigenvalue weighted by Crippen LogP contribution is -2.20. The van der Waals surface area contributed by atoms with Gasteiger partial charge >= 0.3 is 0 Å². The van der Waals surface area contributed by atoms with E-state index in [2.05, 4.69) is 14.6 Å². The van der Waals surface area contributed by atoms with Crippen LogP contribution in [0, 0.1) is 6.92 Å². The van der Waals surface area contributed by atoms with Crippen molar-refractivity contribution in [3.05, 3.63) is 53.7 Å². The molecular formula is C16H20N4O. The number of aryl methyl sites for hydroxylation is 1. The number of hydrogen-bond acceptors (Lipinski definition) is 4. The molecular weight excluding hydrogens is 264 g/mol. The molecule has 0 aliphatic heterocycles. The molecule has 0 saturated carbocycles. The van der Waals surface area contributed by atoms with Crippen LogP contribution in [0.25, 0.3) is 5.65 Å². The van der Waals surface area contributed by atoms with E-state index in [0.717, 1.165) is 35.2 Å². The monoisotopic (exact) mass is 284 g/mol. The number of hydrogen-bond donors (Lipinski definition) is 1. The van der Waals surface area contributed by atoms with Gasteiger partial charge in [-0.3, -0.25) is 0 Å². The average Bonchev–Trinajstić information content (AvgIpc) is 3.04. The lowest BCUT2D eigenvalue weighted by molar-refractivity contribution is 0.481. The van der Waals surface area contributed by atoms with Crippen molar-refractivity contribution in [1.82, 2.24) is 14.7 Å². The molecule has 5 heteroatoms. The van der Waals surface area contributed by atoms with Gasteiger partial charge in [0.05, 0.1) is 12.2 Å². The van der Waals surface area contributed by atoms with Crippen molar-refractivity contribution in [1.29, 1.82) is 0 Å². The first-order chi connectivity index (χ1) is 10.2. The maximum atomic E-state index is 5.66. The molecule has 0 bridgehead atoms. The van der Waals surface area contributed by atoms with E-state index in [0.29, 0.717) is 6.54 Å². The van der Waals surface area contributed by atoms with Crippen LogP contribution in [-0.2, 0) is 13.1 Å². The summed E-state index contributed by atoms with van der Waals surface area (Å²) in [5.74, 6) is 2.86. The second kappa shape index (κ2) is 5.61. The summed E-state index contributed by atoms with van der Waals surface area (Å²) >= 11 is 0. The van der Waals surface area contributed by atoms with Gasteiger partial charge in [-0.25, -0.2) is 4.98 Å². The normalized spacial score (nSPS) is 11.2. The Morgan fingerprint density at radius 2 is 2.14 bits per heavy atom. The minimum Gasteiger partial charge on any atom is -0.464 e. The number of aromatic nitrogens is 2. The number of imidazole rings is 1. The van der Waals surface area contributed by atoms with Crippen LogP contribution in [0.5, 0.6) is 0 Å². The zero-order chi connectivity index (χ0) is 14.8. The molecule has 0 unspecified atom stereocenters. The molecule has 3 aromatic heterocycles. The summed E-state index contributed by atoms with van der Waals surface area (Å²) in [6.07, 6.45) is 2.05. The molecule has 0 aliphatic carbocycles. The quantitative estimate of drug-likeness (QED) is 0.782. The van der Waals surface area contributed by atoms with E-state index in [1.165, 1.54) is 0 Å². The zero-order valence-electron chi connectivity index (χ0n) is 12.6. The fraction of sp³-hybridized carbons (Fsp3) is 0.312. The fourth-order valence-corrected chi connectivity index (χ4v) is 2.55. The molecule has 0 fully saturated rings. The standard InChI is InChI=1S/C16H20N4O/c1-12-7-8-13(21-12)11-19(3)16-14(10-17-2)20-9-5-4-6-15(20)18-16/h4-9,17H,10-11H2,1-3H3. The third-order valence-corrected chi connectivity index (χ3v) is 3.50. The first-order valence-corrected chi connectivity index (χ1v) is 7.06. The molecule has 0 amide bonds. The van der Waals surface area contributed by atoms with Crippen molar-refractivity contribution >= 4 is 11.5 Å². The van der Waals surface area contributed by atoms with Crippen molar-refractivity contribution in [2.45, 2.75) is 20.0 Å². The highest BCUT2D eigenvalue weighted by molar-refractivity contribution is 5.55. The van der Waals surface area contributed by atoms with Gasteiger partial charge in [0, 0.05) is 19.8 Å². The van der Waals surface area contributed by atoms with Crippen molar-refractivity contribution in [2.24, 2.45) is 0 Å². The predicted octanol–water partition coefficient (Wildman–Crippen LogP) is 2.59. The van der Waals surface area contributed by atoms with E-state index in [-0.39, 0.29) is 0 Å². The summed E-state index contributed by atoms with van der Waals surface area (Å²) in [6.45, 7) is 3.43. The number of furan rings is 1. The zero-order valence-corrected chi connectivity index (χ0v) is 12.6. The summed E-state index contributed by atoms with van der Waals surface area (Å²) in [4.78, 5) is 6.86. The largest absolute Gasteiger partial charge is 0.464 e. The third kappa shape index (κ3) is 2.64. The molecule has 0 saturated heterocycles. The van der Waals surface area contributed by atoms with Crippen LogP contribution in [0.3, 0.4) is 0 Å². The minimum atomic E-state index is 0.703. The Bertz CT molecular complexity index is 744. The predicted molar refractivity (Wildman–Crippen MR) is 83.5 cm³/mol. The smallest absolute Gasteiger partial charge is 0.152 e. The molecule has 3 rings (SSSR count). The highest BCUT2D eigenvalue weighted by Gasteiger charge is 2.16. The molecule has 1 N–H and O–H groups in total. The van der Waals surface area contributed by atoms with Crippen LogP contribution < -0.4 is 10.2 Å². The van der Waals surface area contributed by atoms with Gasteiger partial charge in [0.25, 0.3) is 0 Å². The second-order valence-electron chi connectivity index (χ2n) is 5.21. The molecule has 3 heterocycles.